The van der Waals surface area contributed by atoms with Crippen LogP contribution in [0.3, 0.4) is 0 Å². The summed E-state index contributed by atoms with van der Waals surface area (Å²) in [4.78, 5) is 7.92. The van der Waals surface area contributed by atoms with E-state index in [9.17, 15) is 12.8 Å². The number of para-hydroxylation sites is 1. The summed E-state index contributed by atoms with van der Waals surface area (Å²) in [6.45, 7) is 2.15. The monoisotopic (exact) mass is 298 g/mol. The van der Waals surface area contributed by atoms with Crippen molar-refractivity contribution in [1.29, 1.82) is 0 Å². The Morgan fingerprint density at radius 2 is 2.05 bits per heavy atom. The third kappa shape index (κ3) is 3.40. The average Bonchev–Trinajstić information content (AvgIpc) is 2.44. The van der Waals surface area contributed by atoms with Gasteiger partial charge in [0.15, 0.2) is 0 Å². The zero-order valence-electron chi connectivity index (χ0n) is 10.9. The Balaban J connectivity index is 2.06. The van der Waals surface area contributed by atoms with E-state index in [1.807, 2.05) is 0 Å². The maximum Gasteiger partial charge on any atom is 0.211 e. The minimum atomic E-state index is -3.21. The van der Waals surface area contributed by atoms with Gasteiger partial charge in [-0.15, -0.1) is 0 Å². The zero-order valence-corrected chi connectivity index (χ0v) is 11.7. The molecule has 0 unspecified atom stereocenters. The Bertz CT molecular complexity index is 706. The summed E-state index contributed by atoms with van der Waals surface area (Å²) < 4.78 is 38.5. The maximum atomic E-state index is 13.5. The first-order valence-electron chi connectivity index (χ1n) is 6.14. The van der Waals surface area contributed by atoms with E-state index in [0.717, 1.165) is 0 Å². The van der Waals surface area contributed by atoms with E-state index in [2.05, 4.69) is 20.0 Å². The maximum absolute atomic E-state index is 13.5. The van der Waals surface area contributed by atoms with Gasteiger partial charge in [-0.05, 0) is 19.1 Å². The summed E-state index contributed by atoms with van der Waals surface area (Å²) in [6.07, 6.45) is 1.27. The highest BCUT2D eigenvalue weighted by molar-refractivity contribution is 7.89. The second kappa shape index (κ2) is 6.10. The van der Waals surface area contributed by atoms with E-state index in [-0.39, 0.29) is 17.8 Å². The number of halogens is 1. The van der Waals surface area contributed by atoms with Gasteiger partial charge in [-0.3, -0.25) is 0 Å². The summed E-state index contributed by atoms with van der Waals surface area (Å²) in [5.74, 6) is 0.0964. The third-order valence-corrected chi connectivity index (χ3v) is 4.14. The van der Waals surface area contributed by atoms with Crippen LogP contribution in [0.2, 0.25) is 0 Å². The van der Waals surface area contributed by atoms with E-state index >= 15 is 0 Å². The Morgan fingerprint density at radius 1 is 1.25 bits per heavy atom. The normalized spacial score (nSPS) is 11.7. The molecule has 0 fully saturated rings. The van der Waals surface area contributed by atoms with E-state index in [0.29, 0.717) is 17.7 Å². The number of hydrogen-bond donors (Lipinski definition) is 2. The van der Waals surface area contributed by atoms with Gasteiger partial charge in [0, 0.05) is 18.5 Å². The molecular formula is C12H15FN4O2S. The number of anilines is 1. The van der Waals surface area contributed by atoms with E-state index in [1.54, 1.807) is 19.1 Å². The van der Waals surface area contributed by atoms with Gasteiger partial charge >= 0.3 is 0 Å². The van der Waals surface area contributed by atoms with Crippen molar-refractivity contribution in [2.24, 2.45) is 0 Å². The lowest BCUT2D eigenvalue weighted by Crippen LogP contribution is -2.30. The fraction of sp³-hybridized carbons (Fsp3) is 0.333. The summed E-state index contributed by atoms with van der Waals surface area (Å²) in [5, 5.41) is 3.53. The largest absolute Gasteiger partial charge is 0.368 e. The van der Waals surface area contributed by atoms with Crippen molar-refractivity contribution in [2.75, 3.05) is 24.2 Å². The molecule has 108 valence electrons. The number of nitrogens with one attached hydrogen (secondary N) is 2. The molecular weight excluding hydrogens is 283 g/mol. The van der Waals surface area contributed by atoms with Gasteiger partial charge < -0.3 is 5.32 Å². The van der Waals surface area contributed by atoms with Gasteiger partial charge in [0.1, 0.15) is 23.5 Å². The summed E-state index contributed by atoms with van der Waals surface area (Å²) in [6, 6.07) is 4.61. The fourth-order valence-corrected chi connectivity index (χ4v) is 2.30. The lowest BCUT2D eigenvalue weighted by Gasteiger charge is -2.09. The number of benzene rings is 1. The molecule has 0 saturated carbocycles. The van der Waals surface area contributed by atoms with Crippen LogP contribution in [0.15, 0.2) is 24.5 Å². The summed E-state index contributed by atoms with van der Waals surface area (Å²) in [7, 11) is -3.21. The van der Waals surface area contributed by atoms with Gasteiger partial charge in [-0.25, -0.2) is 27.5 Å². The molecule has 2 N–H and O–H groups in total. The SMILES string of the molecule is CCS(=O)(=O)NCCNc1ncnc2c(F)cccc12. The number of rotatable bonds is 6. The van der Waals surface area contributed by atoms with Crippen LogP contribution in [-0.4, -0.2) is 37.2 Å². The molecule has 0 aliphatic carbocycles. The van der Waals surface area contributed by atoms with Crippen LogP contribution in [0.4, 0.5) is 10.2 Å². The lowest BCUT2D eigenvalue weighted by molar-refractivity contribution is 0.584. The number of fused-ring (bicyclic) bond motifs is 1. The molecule has 20 heavy (non-hydrogen) atoms. The summed E-state index contributed by atoms with van der Waals surface area (Å²) >= 11 is 0. The zero-order chi connectivity index (χ0) is 14.6. The molecule has 0 aliphatic heterocycles. The van der Waals surface area contributed by atoms with Crippen molar-refractivity contribution in [3.63, 3.8) is 0 Å². The highest BCUT2D eigenvalue weighted by Crippen LogP contribution is 2.20. The standard InChI is InChI=1S/C12H15FN4O2S/c1-2-20(18,19)17-7-6-14-12-9-4-3-5-10(13)11(9)15-8-16-12/h3-5,8,17H,2,6-7H2,1H3,(H,14,15,16). The second-order valence-electron chi connectivity index (χ2n) is 4.08. The van der Waals surface area contributed by atoms with Crippen LogP contribution in [0.25, 0.3) is 10.9 Å². The minimum absolute atomic E-state index is 0.0364. The molecule has 1 heterocycles. The highest BCUT2D eigenvalue weighted by atomic mass is 32.2. The molecule has 2 rings (SSSR count). The molecule has 0 radical (unpaired) electrons. The molecule has 0 spiro atoms. The molecule has 8 heteroatoms. The number of nitrogens with zero attached hydrogens (tertiary/aromatic N) is 2. The number of hydrogen-bond acceptors (Lipinski definition) is 5. The smallest absolute Gasteiger partial charge is 0.211 e. The topological polar surface area (TPSA) is 84.0 Å². The molecule has 2 aromatic rings. The van der Waals surface area contributed by atoms with Crippen molar-refractivity contribution >= 4 is 26.7 Å². The Morgan fingerprint density at radius 3 is 2.80 bits per heavy atom. The molecule has 6 nitrogen and oxygen atoms in total. The predicted octanol–water partition coefficient (Wildman–Crippen LogP) is 1.12. The molecule has 1 aromatic heterocycles. The van der Waals surface area contributed by atoms with Crippen molar-refractivity contribution in [3.8, 4) is 0 Å². The fourth-order valence-electron chi connectivity index (χ4n) is 1.68. The molecule has 0 aliphatic rings. The average molecular weight is 298 g/mol. The molecule has 0 saturated heterocycles. The van der Waals surface area contributed by atoms with E-state index < -0.39 is 15.8 Å². The molecule has 0 atom stereocenters. The highest BCUT2D eigenvalue weighted by Gasteiger charge is 2.08. The predicted molar refractivity (Wildman–Crippen MR) is 75.4 cm³/mol. The van der Waals surface area contributed by atoms with Gasteiger partial charge in [-0.2, -0.15) is 0 Å². The van der Waals surface area contributed by atoms with Crippen molar-refractivity contribution in [1.82, 2.24) is 14.7 Å². The Labute approximate surface area is 116 Å². The van der Waals surface area contributed by atoms with Gasteiger partial charge in [-0.1, -0.05) is 6.07 Å². The quantitative estimate of drug-likeness (QED) is 0.781. The second-order valence-corrected chi connectivity index (χ2v) is 6.18. The van der Waals surface area contributed by atoms with Crippen molar-refractivity contribution in [3.05, 3.63) is 30.3 Å². The minimum Gasteiger partial charge on any atom is -0.368 e. The molecule has 1 aromatic carbocycles. The van der Waals surface area contributed by atoms with Crippen LogP contribution in [0, 0.1) is 5.82 Å². The van der Waals surface area contributed by atoms with Crippen LogP contribution in [-0.2, 0) is 10.0 Å². The van der Waals surface area contributed by atoms with Gasteiger partial charge in [0.25, 0.3) is 0 Å². The first kappa shape index (κ1) is 14.6. The summed E-state index contributed by atoms with van der Waals surface area (Å²) in [5.41, 5.74) is 0.235. The van der Waals surface area contributed by atoms with Crippen LogP contribution in [0.5, 0.6) is 0 Å². The molecule has 0 bridgehead atoms. The van der Waals surface area contributed by atoms with E-state index in [1.165, 1.54) is 12.4 Å². The number of sulfonamides is 1. The first-order valence-corrected chi connectivity index (χ1v) is 7.79. The van der Waals surface area contributed by atoms with Gasteiger partial charge in [0.05, 0.1) is 5.75 Å². The van der Waals surface area contributed by atoms with E-state index in [4.69, 9.17) is 0 Å². The van der Waals surface area contributed by atoms with Crippen LogP contribution >= 0.6 is 0 Å². The first-order chi connectivity index (χ1) is 9.53. The Kier molecular flexibility index (Phi) is 4.46. The molecule has 0 amide bonds. The Hall–Kier alpha value is -1.80. The number of aromatic nitrogens is 2. The lowest BCUT2D eigenvalue weighted by atomic mass is 10.2. The van der Waals surface area contributed by atoms with Crippen molar-refractivity contribution in [2.45, 2.75) is 6.92 Å². The van der Waals surface area contributed by atoms with Gasteiger partial charge in [0.2, 0.25) is 10.0 Å². The van der Waals surface area contributed by atoms with Crippen molar-refractivity contribution < 1.29 is 12.8 Å². The third-order valence-electron chi connectivity index (χ3n) is 2.74. The van der Waals surface area contributed by atoms with Crippen LogP contribution in [0.1, 0.15) is 6.92 Å². The van der Waals surface area contributed by atoms with Crippen LogP contribution < -0.4 is 10.0 Å².